The molecule has 6 rings (SSSR count). The zero-order valence-electron chi connectivity index (χ0n) is 27.9. The summed E-state index contributed by atoms with van der Waals surface area (Å²) in [5.74, 6) is 0.840. The fraction of sp³-hybridized carbons (Fsp3) is 0.486. The summed E-state index contributed by atoms with van der Waals surface area (Å²) in [7, 11) is 1.65. The Morgan fingerprint density at radius 1 is 0.878 bits per heavy atom. The van der Waals surface area contributed by atoms with Crippen molar-refractivity contribution in [3.05, 3.63) is 71.8 Å². The van der Waals surface area contributed by atoms with Crippen LogP contribution in [-0.4, -0.2) is 99.8 Å². The van der Waals surface area contributed by atoms with Gasteiger partial charge in [-0.2, -0.15) is 0 Å². The van der Waals surface area contributed by atoms with Gasteiger partial charge in [0.2, 0.25) is 0 Å². The summed E-state index contributed by atoms with van der Waals surface area (Å²) in [4.78, 5) is 24.7. The lowest BCUT2D eigenvalue weighted by Gasteiger charge is -2.38. The number of thiophene rings is 1. The highest BCUT2D eigenvalue weighted by molar-refractivity contribution is 7.22. The number of halogens is 1. The maximum absolute atomic E-state index is 15.0. The predicted octanol–water partition coefficient (Wildman–Crippen LogP) is 6.10. The van der Waals surface area contributed by atoms with Crippen molar-refractivity contribution >= 4 is 27.3 Å². The van der Waals surface area contributed by atoms with Gasteiger partial charge in [-0.15, -0.1) is 11.3 Å². The quantitative estimate of drug-likeness (QED) is 0.0899. The van der Waals surface area contributed by atoms with E-state index >= 15 is 0 Å². The molecule has 1 aromatic carbocycles. The van der Waals surface area contributed by atoms with Crippen molar-refractivity contribution in [3.8, 4) is 22.1 Å². The lowest BCUT2D eigenvalue weighted by molar-refractivity contribution is -0.118. The smallest absolute Gasteiger partial charge is 0.166 e. The second-order valence-corrected chi connectivity index (χ2v) is 13.5. The molecule has 0 bridgehead atoms. The van der Waals surface area contributed by atoms with E-state index in [-0.39, 0.29) is 24.1 Å². The minimum Gasteiger partial charge on any atom is -0.453 e. The van der Waals surface area contributed by atoms with E-state index in [1.54, 1.807) is 31.5 Å². The number of benzene rings is 1. The molecule has 49 heavy (non-hydrogen) atoms. The summed E-state index contributed by atoms with van der Waals surface area (Å²) in [5.41, 5.74) is 3.40. The average molecular weight is 694 g/mol. The van der Waals surface area contributed by atoms with Crippen molar-refractivity contribution in [1.82, 2.24) is 14.9 Å². The van der Waals surface area contributed by atoms with Crippen LogP contribution in [0.4, 0.5) is 4.39 Å². The van der Waals surface area contributed by atoms with Crippen molar-refractivity contribution in [2.45, 2.75) is 38.3 Å². The van der Waals surface area contributed by atoms with Gasteiger partial charge in [0.25, 0.3) is 0 Å². The SMILES string of the molecule is COCCOCCOCCOCCOC1CN(Cc2ccc(-c3cc4nccc(Oc5ccc(CC(=O)CC6CC6)cc5F)c4s3)nc2)C1. The highest BCUT2D eigenvalue weighted by Crippen LogP contribution is 2.39. The second-order valence-electron chi connectivity index (χ2n) is 12.4. The van der Waals surface area contributed by atoms with Crippen LogP contribution in [0.3, 0.4) is 0 Å². The van der Waals surface area contributed by atoms with Gasteiger partial charge in [0, 0.05) is 58.0 Å². The standard InChI is InChI=1S/C37H44FN3O7S/c1-43-10-11-44-12-13-45-14-15-46-16-17-47-30-24-41(25-30)23-28-4-6-32(40-22-28)36-21-33-37(49-36)35(8-9-39-33)48-34-7-5-27(20-31(34)38)19-29(42)18-26-2-3-26/h4-9,20-22,26,30H,2-3,10-19,23-25H2,1H3. The minimum atomic E-state index is -0.488. The van der Waals surface area contributed by atoms with Crippen molar-refractivity contribution in [2.24, 2.45) is 5.92 Å². The van der Waals surface area contributed by atoms with E-state index in [1.807, 2.05) is 18.3 Å². The fourth-order valence-corrected chi connectivity index (χ4v) is 6.60. The number of hydrogen-bond acceptors (Lipinski definition) is 11. The number of ketones is 1. The molecule has 2 aliphatic rings. The molecule has 1 aliphatic heterocycles. The number of aromatic nitrogens is 2. The third-order valence-corrected chi connectivity index (χ3v) is 9.53. The lowest BCUT2D eigenvalue weighted by atomic mass is 10.0. The van der Waals surface area contributed by atoms with Crippen LogP contribution in [0.15, 0.2) is 54.9 Å². The Morgan fingerprint density at radius 2 is 1.61 bits per heavy atom. The molecule has 0 N–H and O–H groups in total. The van der Waals surface area contributed by atoms with Crippen molar-refractivity contribution in [2.75, 3.05) is 73.1 Å². The number of hydrogen-bond donors (Lipinski definition) is 0. The number of ether oxygens (including phenoxy) is 6. The minimum absolute atomic E-state index is 0.118. The molecule has 4 aromatic rings. The van der Waals surface area contributed by atoms with Gasteiger partial charge in [0.05, 0.1) is 79.7 Å². The normalized spacial score (nSPS) is 15.1. The van der Waals surface area contributed by atoms with Gasteiger partial charge >= 0.3 is 0 Å². The fourth-order valence-electron chi connectivity index (χ4n) is 5.56. The molecule has 1 saturated carbocycles. The first-order valence-corrected chi connectivity index (χ1v) is 17.7. The van der Waals surface area contributed by atoms with Crippen LogP contribution in [0.1, 0.15) is 30.4 Å². The number of fused-ring (bicyclic) bond motifs is 1. The Balaban J connectivity index is 0.911. The van der Waals surface area contributed by atoms with E-state index in [0.717, 1.165) is 58.8 Å². The number of carbonyl (C=O) groups is 1. The summed E-state index contributed by atoms with van der Waals surface area (Å²) < 4.78 is 49.1. The molecule has 262 valence electrons. The molecule has 1 aliphatic carbocycles. The lowest BCUT2D eigenvalue weighted by Crippen LogP contribution is -2.51. The zero-order chi connectivity index (χ0) is 33.8. The Labute approximate surface area is 290 Å². The molecule has 1 saturated heterocycles. The van der Waals surface area contributed by atoms with E-state index in [9.17, 15) is 9.18 Å². The summed E-state index contributed by atoms with van der Waals surface area (Å²) in [6.07, 6.45) is 6.87. The van der Waals surface area contributed by atoms with Crippen LogP contribution in [0, 0.1) is 11.7 Å². The maximum atomic E-state index is 15.0. The number of likely N-dealkylation sites (tertiary alicyclic amines) is 1. The molecule has 3 aromatic heterocycles. The van der Waals surface area contributed by atoms with E-state index in [2.05, 4.69) is 16.0 Å². The molecule has 2 fully saturated rings. The Hall–Kier alpha value is -3.36. The predicted molar refractivity (Wildman–Crippen MR) is 185 cm³/mol. The number of methoxy groups -OCH3 is 1. The largest absolute Gasteiger partial charge is 0.453 e. The first-order valence-electron chi connectivity index (χ1n) is 16.9. The molecule has 0 unspecified atom stereocenters. The van der Waals surface area contributed by atoms with Crippen LogP contribution < -0.4 is 4.74 Å². The van der Waals surface area contributed by atoms with E-state index in [1.165, 1.54) is 17.4 Å². The van der Waals surface area contributed by atoms with Crippen LogP contribution >= 0.6 is 11.3 Å². The van der Waals surface area contributed by atoms with Gasteiger partial charge in [-0.3, -0.25) is 19.7 Å². The summed E-state index contributed by atoms with van der Waals surface area (Å²) >= 11 is 1.51. The number of carbonyl (C=O) groups excluding carboxylic acids is 1. The molecule has 10 nitrogen and oxygen atoms in total. The Kier molecular flexibility index (Phi) is 13.1. The van der Waals surface area contributed by atoms with Crippen molar-refractivity contribution in [1.29, 1.82) is 0 Å². The number of nitrogens with zero attached hydrogens (tertiary/aromatic N) is 3. The monoisotopic (exact) mass is 693 g/mol. The van der Waals surface area contributed by atoms with Crippen molar-refractivity contribution < 1.29 is 37.6 Å². The summed E-state index contributed by atoms with van der Waals surface area (Å²) in [6.45, 7) is 7.01. The van der Waals surface area contributed by atoms with E-state index in [0.29, 0.717) is 76.5 Å². The summed E-state index contributed by atoms with van der Waals surface area (Å²) in [5, 5.41) is 0. The third kappa shape index (κ3) is 10.8. The number of rotatable bonds is 22. The molecular weight excluding hydrogens is 649 g/mol. The Bertz CT molecular complexity index is 1640. The van der Waals surface area contributed by atoms with E-state index in [4.69, 9.17) is 33.4 Å². The Morgan fingerprint density at radius 3 is 2.31 bits per heavy atom. The van der Waals surface area contributed by atoms with Gasteiger partial charge in [0.15, 0.2) is 11.6 Å². The first-order chi connectivity index (χ1) is 24.0. The maximum Gasteiger partial charge on any atom is 0.166 e. The molecule has 0 amide bonds. The van der Waals surface area contributed by atoms with Crippen LogP contribution in [0.2, 0.25) is 0 Å². The van der Waals surface area contributed by atoms with Crippen LogP contribution in [0.25, 0.3) is 20.8 Å². The van der Waals surface area contributed by atoms with Gasteiger partial charge in [0.1, 0.15) is 11.5 Å². The van der Waals surface area contributed by atoms with Crippen molar-refractivity contribution in [3.63, 3.8) is 0 Å². The van der Waals surface area contributed by atoms with Crippen LogP contribution in [-0.2, 0) is 41.4 Å². The molecule has 12 heteroatoms. The van der Waals surface area contributed by atoms with Gasteiger partial charge < -0.3 is 28.4 Å². The highest BCUT2D eigenvalue weighted by Gasteiger charge is 2.27. The number of Topliss-reactive ketones (excluding diaryl/α,β-unsaturated/α-hetero) is 1. The van der Waals surface area contributed by atoms with E-state index < -0.39 is 5.82 Å². The molecule has 0 radical (unpaired) electrons. The van der Waals surface area contributed by atoms with Crippen LogP contribution in [0.5, 0.6) is 11.5 Å². The highest BCUT2D eigenvalue weighted by atomic mass is 32.1. The first kappa shape index (κ1) is 35.5. The third-order valence-electron chi connectivity index (χ3n) is 8.37. The topological polar surface area (TPSA) is 101 Å². The summed E-state index contributed by atoms with van der Waals surface area (Å²) in [6, 6.07) is 12.6. The second kappa shape index (κ2) is 18.0. The average Bonchev–Trinajstić information content (AvgIpc) is 3.78. The van der Waals surface area contributed by atoms with Gasteiger partial charge in [-0.05, 0) is 54.2 Å². The molecular formula is C37H44FN3O7S. The number of pyridine rings is 2. The molecule has 0 spiro atoms. The molecule has 4 heterocycles. The van der Waals surface area contributed by atoms with Gasteiger partial charge in [-0.1, -0.05) is 12.1 Å². The molecule has 0 atom stereocenters. The van der Waals surface area contributed by atoms with Gasteiger partial charge in [-0.25, -0.2) is 4.39 Å². The zero-order valence-corrected chi connectivity index (χ0v) is 28.8.